The summed E-state index contributed by atoms with van der Waals surface area (Å²) in [4.78, 5) is 28.3. The number of carbonyl (C=O) groups is 2. The fourth-order valence-corrected chi connectivity index (χ4v) is 4.54. The van der Waals surface area contributed by atoms with Crippen molar-refractivity contribution in [2.45, 2.75) is 45.1 Å². The number of anilines is 1. The lowest BCUT2D eigenvalue weighted by molar-refractivity contribution is -0.117. The van der Waals surface area contributed by atoms with Crippen molar-refractivity contribution >= 4 is 17.6 Å². The zero-order valence-electron chi connectivity index (χ0n) is 14.3. The van der Waals surface area contributed by atoms with E-state index in [1.54, 1.807) is 6.92 Å². The summed E-state index contributed by atoms with van der Waals surface area (Å²) >= 11 is 0. The largest absolute Gasteiger partial charge is 0.335 e. The third-order valence-corrected chi connectivity index (χ3v) is 5.74. The lowest BCUT2D eigenvalue weighted by atomic mass is 9.71. The molecule has 1 saturated carbocycles. The molecule has 0 bridgehead atoms. The van der Waals surface area contributed by atoms with Crippen molar-refractivity contribution in [1.29, 1.82) is 0 Å². The van der Waals surface area contributed by atoms with Gasteiger partial charge in [-0.1, -0.05) is 31.0 Å². The van der Waals surface area contributed by atoms with Gasteiger partial charge in [-0.2, -0.15) is 0 Å². The number of likely N-dealkylation sites (tertiary alicyclic amines) is 1. The van der Waals surface area contributed by atoms with E-state index in [1.165, 1.54) is 18.4 Å². The number of para-hydroxylation sites is 1. The van der Waals surface area contributed by atoms with Crippen molar-refractivity contribution < 1.29 is 9.59 Å². The number of urea groups is 1. The first-order valence-electron chi connectivity index (χ1n) is 8.98. The molecule has 0 aromatic heterocycles. The molecule has 1 spiro atoms. The first-order chi connectivity index (χ1) is 11.6. The van der Waals surface area contributed by atoms with Crippen LogP contribution in [0.3, 0.4) is 0 Å². The minimum Gasteiger partial charge on any atom is -0.335 e. The number of nitrogens with one attached hydrogen (secondary N) is 1. The second-order valence-corrected chi connectivity index (χ2v) is 7.70. The molecule has 2 fully saturated rings. The van der Waals surface area contributed by atoms with Crippen LogP contribution in [-0.4, -0.2) is 42.5 Å². The van der Waals surface area contributed by atoms with Gasteiger partial charge in [-0.15, -0.1) is 0 Å². The van der Waals surface area contributed by atoms with Crippen LogP contribution < -0.4 is 10.2 Å². The summed E-state index contributed by atoms with van der Waals surface area (Å²) in [6, 6.07) is 8.56. The smallest absolute Gasteiger partial charge is 0.317 e. The molecule has 0 radical (unpaired) electrons. The molecule has 2 aliphatic heterocycles. The van der Waals surface area contributed by atoms with Gasteiger partial charge in [-0.3, -0.25) is 4.79 Å². The Kier molecular flexibility index (Phi) is 3.74. The maximum atomic E-state index is 12.4. The summed E-state index contributed by atoms with van der Waals surface area (Å²) in [5.41, 5.74) is 2.27. The highest BCUT2D eigenvalue weighted by molar-refractivity contribution is 5.93. The molecule has 1 aromatic rings. The van der Waals surface area contributed by atoms with E-state index < -0.39 is 0 Å². The SMILES string of the molecule is CC(=O)N1CC2(Cc3ccccc31)CN(C(=O)NC1CCCC1)C2. The number of hydrogen-bond donors (Lipinski definition) is 1. The summed E-state index contributed by atoms with van der Waals surface area (Å²) in [7, 11) is 0. The van der Waals surface area contributed by atoms with Crippen molar-refractivity contribution in [2.75, 3.05) is 24.5 Å². The van der Waals surface area contributed by atoms with Gasteiger partial charge in [0.05, 0.1) is 0 Å². The fourth-order valence-electron chi connectivity index (χ4n) is 4.54. The van der Waals surface area contributed by atoms with Crippen molar-refractivity contribution in [2.24, 2.45) is 5.41 Å². The molecule has 3 amide bonds. The quantitative estimate of drug-likeness (QED) is 0.862. The molecule has 5 nitrogen and oxygen atoms in total. The first kappa shape index (κ1) is 15.5. The molecule has 5 heteroatoms. The normalized spacial score (nSPS) is 22.2. The van der Waals surface area contributed by atoms with E-state index in [0.29, 0.717) is 12.6 Å². The van der Waals surface area contributed by atoms with Crippen molar-refractivity contribution in [3.63, 3.8) is 0 Å². The van der Waals surface area contributed by atoms with Crippen LogP contribution in [0, 0.1) is 5.41 Å². The number of nitrogens with zero attached hydrogens (tertiary/aromatic N) is 2. The minimum atomic E-state index is 0.0209. The molecule has 0 atom stereocenters. The predicted molar refractivity (Wildman–Crippen MR) is 93.0 cm³/mol. The predicted octanol–water partition coefficient (Wildman–Crippen LogP) is 2.55. The van der Waals surface area contributed by atoms with Crippen LogP contribution in [0.5, 0.6) is 0 Å². The molecule has 0 unspecified atom stereocenters. The Balaban J connectivity index is 1.44. The minimum absolute atomic E-state index is 0.0209. The van der Waals surface area contributed by atoms with Crippen molar-refractivity contribution in [3.8, 4) is 0 Å². The maximum Gasteiger partial charge on any atom is 0.317 e. The van der Waals surface area contributed by atoms with Gasteiger partial charge >= 0.3 is 6.03 Å². The van der Waals surface area contributed by atoms with Gasteiger partial charge in [0.2, 0.25) is 5.91 Å². The third-order valence-electron chi connectivity index (χ3n) is 5.74. The number of amides is 3. The number of rotatable bonds is 1. The zero-order chi connectivity index (χ0) is 16.7. The van der Waals surface area contributed by atoms with E-state index in [4.69, 9.17) is 0 Å². The molecule has 128 valence electrons. The van der Waals surface area contributed by atoms with Crippen LogP contribution in [-0.2, 0) is 11.2 Å². The maximum absolute atomic E-state index is 12.4. The van der Waals surface area contributed by atoms with Gasteiger partial charge in [-0.25, -0.2) is 4.79 Å². The molecule has 1 N–H and O–H groups in total. The van der Waals surface area contributed by atoms with Crippen LogP contribution in [0.25, 0.3) is 0 Å². The van der Waals surface area contributed by atoms with Gasteiger partial charge in [0, 0.05) is 43.7 Å². The molecule has 2 heterocycles. The molecule has 24 heavy (non-hydrogen) atoms. The summed E-state index contributed by atoms with van der Waals surface area (Å²) in [5.74, 6) is 0.0791. The van der Waals surface area contributed by atoms with Gasteiger partial charge in [0.15, 0.2) is 0 Å². The van der Waals surface area contributed by atoms with Crippen LogP contribution >= 0.6 is 0 Å². The van der Waals surface area contributed by atoms with Gasteiger partial charge in [0.1, 0.15) is 0 Å². The average molecular weight is 327 g/mol. The standard InChI is InChI=1S/C19H25N3O2/c1-14(23)22-13-19(10-15-6-2-5-9-17(15)22)11-21(12-19)18(24)20-16-7-3-4-8-16/h2,5-6,9,16H,3-4,7-8,10-13H2,1H3,(H,20,24). The Labute approximate surface area is 143 Å². The Morgan fingerprint density at radius 1 is 1.12 bits per heavy atom. The van der Waals surface area contributed by atoms with Crippen LogP contribution in [0.1, 0.15) is 38.2 Å². The van der Waals surface area contributed by atoms with E-state index in [2.05, 4.69) is 11.4 Å². The first-order valence-corrected chi connectivity index (χ1v) is 8.98. The summed E-state index contributed by atoms with van der Waals surface area (Å²) in [5, 5.41) is 3.16. The third kappa shape index (κ3) is 2.66. The monoisotopic (exact) mass is 327 g/mol. The molecule has 1 saturated heterocycles. The highest BCUT2D eigenvalue weighted by Crippen LogP contribution is 2.42. The molecule has 1 aromatic carbocycles. The van der Waals surface area contributed by atoms with E-state index in [9.17, 15) is 9.59 Å². The van der Waals surface area contributed by atoms with E-state index >= 15 is 0 Å². The van der Waals surface area contributed by atoms with E-state index in [0.717, 1.165) is 38.0 Å². The second kappa shape index (κ2) is 5.80. The molecular weight excluding hydrogens is 302 g/mol. The number of benzene rings is 1. The topological polar surface area (TPSA) is 52.7 Å². The van der Waals surface area contributed by atoms with Gasteiger partial charge in [0.25, 0.3) is 0 Å². The molecular formula is C19H25N3O2. The highest BCUT2D eigenvalue weighted by Gasteiger charge is 2.49. The number of fused-ring (bicyclic) bond motifs is 1. The Morgan fingerprint density at radius 2 is 1.83 bits per heavy atom. The van der Waals surface area contributed by atoms with E-state index in [1.807, 2.05) is 28.0 Å². The number of carbonyl (C=O) groups excluding carboxylic acids is 2. The molecule has 4 rings (SSSR count). The van der Waals surface area contributed by atoms with Crippen LogP contribution in [0.2, 0.25) is 0 Å². The highest BCUT2D eigenvalue weighted by atomic mass is 16.2. The lowest BCUT2D eigenvalue weighted by Crippen LogP contribution is -2.67. The Bertz CT molecular complexity index is 660. The number of hydrogen-bond acceptors (Lipinski definition) is 2. The summed E-state index contributed by atoms with van der Waals surface area (Å²) in [6.45, 7) is 3.82. The Hall–Kier alpha value is -2.04. The van der Waals surface area contributed by atoms with Gasteiger partial charge < -0.3 is 15.1 Å². The molecule has 3 aliphatic rings. The zero-order valence-corrected chi connectivity index (χ0v) is 14.3. The second-order valence-electron chi connectivity index (χ2n) is 7.70. The van der Waals surface area contributed by atoms with E-state index in [-0.39, 0.29) is 17.4 Å². The van der Waals surface area contributed by atoms with Crippen molar-refractivity contribution in [3.05, 3.63) is 29.8 Å². The average Bonchev–Trinajstić information content (AvgIpc) is 3.04. The van der Waals surface area contributed by atoms with Crippen molar-refractivity contribution in [1.82, 2.24) is 10.2 Å². The Morgan fingerprint density at radius 3 is 2.54 bits per heavy atom. The van der Waals surface area contributed by atoms with Crippen LogP contribution in [0.15, 0.2) is 24.3 Å². The van der Waals surface area contributed by atoms with Gasteiger partial charge in [-0.05, 0) is 30.9 Å². The summed E-state index contributed by atoms with van der Waals surface area (Å²) < 4.78 is 0. The lowest BCUT2D eigenvalue weighted by Gasteiger charge is -2.54. The summed E-state index contributed by atoms with van der Waals surface area (Å²) in [6.07, 6.45) is 5.60. The fraction of sp³-hybridized carbons (Fsp3) is 0.579. The molecule has 1 aliphatic carbocycles. The van der Waals surface area contributed by atoms with Crippen LogP contribution in [0.4, 0.5) is 10.5 Å².